The lowest BCUT2D eigenvalue weighted by Crippen LogP contribution is -1.94. The number of hydrogen-bond donors (Lipinski definition) is 0. The highest BCUT2D eigenvalue weighted by atomic mass is 14.2. The molecule has 0 aliphatic carbocycles. The molecule has 0 atom stereocenters. The summed E-state index contributed by atoms with van der Waals surface area (Å²) in [6, 6.07) is 67.8. The minimum Gasteiger partial charge on any atom is -0.0616 e. The van der Waals surface area contributed by atoms with Crippen LogP contribution in [0.3, 0.4) is 0 Å². The minimum absolute atomic E-state index is 1.24. The summed E-state index contributed by atoms with van der Waals surface area (Å²) in [4.78, 5) is 0. The molecular weight excluding hydrogens is 601 g/mol. The second-order valence-electron chi connectivity index (χ2n) is 13.7. The zero-order valence-electron chi connectivity index (χ0n) is 27.3. The van der Waals surface area contributed by atoms with Crippen molar-refractivity contribution in [2.75, 3.05) is 0 Å². The van der Waals surface area contributed by atoms with Crippen molar-refractivity contribution < 1.29 is 0 Å². The van der Waals surface area contributed by atoms with Crippen molar-refractivity contribution in [3.63, 3.8) is 0 Å². The van der Waals surface area contributed by atoms with Crippen LogP contribution in [-0.4, -0.2) is 0 Å². The summed E-state index contributed by atoms with van der Waals surface area (Å²) in [6.07, 6.45) is 0. The zero-order chi connectivity index (χ0) is 32.8. The van der Waals surface area contributed by atoms with Gasteiger partial charge in [-0.3, -0.25) is 0 Å². The monoisotopic (exact) mass is 630 g/mol. The number of benzene rings is 11. The van der Waals surface area contributed by atoms with E-state index in [0.29, 0.717) is 0 Å². The summed E-state index contributed by atoms with van der Waals surface area (Å²) in [5.41, 5.74) is 7.53. The van der Waals surface area contributed by atoms with E-state index in [4.69, 9.17) is 0 Å². The smallest absolute Gasteiger partial charge is 0.00141 e. The van der Waals surface area contributed by atoms with Gasteiger partial charge in [0.05, 0.1) is 0 Å². The summed E-state index contributed by atoms with van der Waals surface area (Å²) in [6.45, 7) is 0. The maximum Gasteiger partial charge on any atom is -0.00141 e. The molecule has 0 radical (unpaired) electrons. The molecule has 0 bridgehead atoms. The Morgan fingerprint density at radius 2 is 0.640 bits per heavy atom. The molecule has 0 nitrogen and oxygen atoms in total. The zero-order valence-corrected chi connectivity index (χ0v) is 27.3. The van der Waals surface area contributed by atoms with Crippen LogP contribution in [0.25, 0.3) is 109 Å². The van der Waals surface area contributed by atoms with Crippen LogP contribution in [0.2, 0.25) is 0 Å². The lowest BCUT2D eigenvalue weighted by molar-refractivity contribution is 1.66. The van der Waals surface area contributed by atoms with E-state index < -0.39 is 0 Å². The quantitative estimate of drug-likeness (QED) is 0.135. The van der Waals surface area contributed by atoms with Crippen molar-refractivity contribution in [2.45, 2.75) is 0 Å². The summed E-state index contributed by atoms with van der Waals surface area (Å²) in [5.74, 6) is 0. The van der Waals surface area contributed by atoms with Gasteiger partial charge < -0.3 is 0 Å². The van der Waals surface area contributed by atoms with Gasteiger partial charge in [0.25, 0.3) is 0 Å². The average Bonchev–Trinajstić information content (AvgIpc) is 3.18. The molecular formula is C50H30. The first-order valence-corrected chi connectivity index (χ1v) is 17.4. The molecule has 11 rings (SSSR count). The van der Waals surface area contributed by atoms with Crippen molar-refractivity contribution in [1.82, 2.24) is 0 Å². The van der Waals surface area contributed by atoms with E-state index in [2.05, 4.69) is 182 Å². The average molecular weight is 631 g/mol. The normalized spacial score (nSPS) is 12.0. The van der Waals surface area contributed by atoms with Gasteiger partial charge in [-0.1, -0.05) is 158 Å². The molecule has 0 aromatic heterocycles. The molecule has 0 fully saturated rings. The lowest BCUT2D eigenvalue weighted by atomic mass is 9.82. The molecule has 0 N–H and O–H groups in total. The Bertz CT molecular complexity index is 3080. The van der Waals surface area contributed by atoms with E-state index in [9.17, 15) is 0 Å². The van der Waals surface area contributed by atoms with Gasteiger partial charge in [0.2, 0.25) is 0 Å². The summed E-state index contributed by atoms with van der Waals surface area (Å²) in [5, 5.41) is 18.0. The third-order valence-corrected chi connectivity index (χ3v) is 10.9. The molecule has 0 amide bonds. The Balaban J connectivity index is 1.30. The lowest BCUT2D eigenvalue weighted by Gasteiger charge is -2.21. The van der Waals surface area contributed by atoms with Gasteiger partial charge in [-0.2, -0.15) is 0 Å². The predicted octanol–water partition coefficient (Wildman–Crippen LogP) is 14.2. The fraction of sp³-hybridized carbons (Fsp3) is 0. The van der Waals surface area contributed by atoms with Gasteiger partial charge >= 0.3 is 0 Å². The first-order chi connectivity index (χ1) is 24.8. The van der Waals surface area contributed by atoms with Gasteiger partial charge in [0.1, 0.15) is 0 Å². The van der Waals surface area contributed by atoms with Gasteiger partial charge in [0.15, 0.2) is 0 Å². The molecule has 0 spiro atoms. The van der Waals surface area contributed by atoms with Crippen LogP contribution in [0.15, 0.2) is 182 Å². The fourth-order valence-electron chi connectivity index (χ4n) is 8.68. The number of fused-ring (bicyclic) bond motifs is 4. The minimum atomic E-state index is 1.24. The van der Waals surface area contributed by atoms with Crippen LogP contribution in [0.5, 0.6) is 0 Å². The second-order valence-corrected chi connectivity index (χ2v) is 13.7. The molecule has 0 aliphatic heterocycles. The second kappa shape index (κ2) is 10.5. The van der Waals surface area contributed by atoms with E-state index in [1.54, 1.807) is 0 Å². The third kappa shape index (κ3) is 4.00. The van der Waals surface area contributed by atoms with Crippen LogP contribution < -0.4 is 0 Å². The van der Waals surface area contributed by atoms with Gasteiger partial charge in [-0.15, -0.1) is 0 Å². The van der Waals surface area contributed by atoms with Gasteiger partial charge in [0, 0.05) is 0 Å². The molecule has 0 heterocycles. The maximum atomic E-state index is 2.41. The van der Waals surface area contributed by atoms with Crippen LogP contribution in [-0.2, 0) is 0 Å². The number of hydrogen-bond acceptors (Lipinski definition) is 0. The molecule has 11 aromatic rings. The van der Waals surface area contributed by atoms with Gasteiger partial charge in [-0.25, -0.2) is 0 Å². The Morgan fingerprint density at radius 1 is 0.220 bits per heavy atom. The Kier molecular flexibility index (Phi) is 5.76. The number of rotatable bonds is 3. The van der Waals surface area contributed by atoms with Crippen LogP contribution >= 0.6 is 0 Å². The van der Waals surface area contributed by atoms with Crippen LogP contribution in [0.1, 0.15) is 0 Å². The Morgan fingerprint density at radius 3 is 1.28 bits per heavy atom. The van der Waals surface area contributed by atoms with E-state index in [1.165, 1.54) is 109 Å². The topological polar surface area (TPSA) is 0 Å². The summed E-state index contributed by atoms with van der Waals surface area (Å²) < 4.78 is 0. The first-order valence-electron chi connectivity index (χ1n) is 17.4. The molecule has 230 valence electrons. The highest BCUT2D eigenvalue weighted by Gasteiger charge is 2.21. The highest BCUT2D eigenvalue weighted by molar-refractivity contribution is 6.27. The summed E-state index contributed by atoms with van der Waals surface area (Å²) >= 11 is 0. The van der Waals surface area contributed by atoms with Crippen molar-refractivity contribution in [3.05, 3.63) is 182 Å². The SMILES string of the molecule is c1ccc2cc(-c3c4ccccc4c(-c4ccc5ccccc5c4)c4c(-c5cc6ccc7cccc8ccc(c5)c6c78)cccc34)ccc2c1. The predicted molar refractivity (Wildman–Crippen MR) is 216 cm³/mol. The van der Waals surface area contributed by atoms with Crippen LogP contribution in [0.4, 0.5) is 0 Å². The van der Waals surface area contributed by atoms with Crippen molar-refractivity contribution in [3.8, 4) is 33.4 Å². The molecule has 0 aliphatic rings. The van der Waals surface area contributed by atoms with Gasteiger partial charge in [-0.05, 0) is 133 Å². The fourth-order valence-corrected chi connectivity index (χ4v) is 8.68. The first kappa shape index (κ1) is 27.5. The van der Waals surface area contributed by atoms with Crippen LogP contribution in [0, 0.1) is 0 Å². The molecule has 0 heteroatoms. The molecule has 0 saturated carbocycles. The van der Waals surface area contributed by atoms with E-state index in [0.717, 1.165) is 0 Å². The Labute approximate surface area is 289 Å². The largest absolute Gasteiger partial charge is 0.0616 e. The van der Waals surface area contributed by atoms with E-state index in [-0.39, 0.29) is 0 Å². The van der Waals surface area contributed by atoms with Crippen molar-refractivity contribution in [2.24, 2.45) is 0 Å². The standard InChI is InChI=1S/C50H30/c1-3-11-35-27-39(23-19-31(35)9-1)48-43-15-5-6-16-44(43)49(40-24-20-32-10-2-4-12-36(32)28-40)50-42(17-8-18-45(48)50)41-29-37-25-21-33-13-7-14-34-22-26-38(30-41)47(37)46(33)34/h1-30H. The molecule has 50 heavy (non-hydrogen) atoms. The third-order valence-electron chi connectivity index (χ3n) is 10.9. The van der Waals surface area contributed by atoms with E-state index >= 15 is 0 Å². The highest BCUT2D eigenvalue weighted by Crippen LogP contribution is 2.48. The maximum absolute atomic E-state index is 2.41. The van der Waals surface area contributed by atoms with Crippen molar-refractivity contribution in [1.29, 1.82) is 0 Å². The van der Waals surface area contributed by atoms with Crippen molar-refractivity contribution >= 4 is 75.4 Å². The summed E-state index contributed by atoms with van der Waals surface area (Å²) in [7, 11) is 0. The molecule has 0 saturated heterocycles. The molecule has 0 unspecified atom stereocenters. The molecule has 11 aromatic carbocycles. The Hall–Kier alpha value is -6.50. The van der Waals surface area contributed by atoms with E-state index in [1.807, 2.05) is 0 Å².